The Kier molecular flexibility index (Phi) is 12.2. The number of nitrogens with one attached hydrogen (secondary N) is 3. The van der Waals surface area contributed by atoms with Crippen LogP contribution in [-0.2, 0) is 25.6 Å². The van der Waals surface area contributed by atoms with Gasteiger partial charge < -0.3 is 26.8 Å². The molecule has 3 amide bonds. The molecule has 0 aromatic heterocycles. The second-order valence-corrected chi connectivity index (χ2v) is 8.54. The highest BCUT2D eigenvalue weighted by Crippen LogP contribution is 2.06. The molecular weight excluding hydrogens is 452 g/mol. The summed E-state index contributed by atoms with van der Waals surface area (Å²) in [7, 11) is 0. The fraction of sp³-hybridized carbons (Fsp3) is 0.524. The fourth-order valence-corrected chi connectivity index (χ4v) is 3.38. The maximum atomic E-state index is 12.6. The van der Waals surface area contributed by atoms with Crippen molar-refractivity contribution in [3.63, 3.8) is 0 Å². The van der Waals surface area contributed by atoms with E-state index in [2.05, 4.69) is 41.2 Å². The van der Waals surface area contributed by atoms with E-state index in [9.17, 15) is 24.3 Å². The third kappa shape index (κ3) is 9.49. The largest absolute Gasteiger partial charge is 0.480 e. The summed E-state index contributed by atoms with van der Waals surface area (Å²) in [6.07, 6.45) is 0.532. The normalized spacial score (nSPS) is 14.7. The van der Waals surface area contributed by atoms with Crippen molar-refractivity contribution in [3.05, 3.63) is 35.9 Å². The van der Waals surface area contributed by atoms with E-state index in [1.807, 2.05) is 44.2 Å². The van der Waals surface area contributed by atoms with Gasteiger partial charge in [0.15, 0.2) is 0 Å². The minimum Gasteiger partial charge on any atom is -0.480 e. The van der Waals surface area contributed by atoms with Gasteiger partial charge in [-0.05, 0) is 24.3 Å². The Morgan fingerprint density at radius 3 is 1.78 bits per heavy atom. The first-order chi connectivity index (χ1) is 15.1. The predicted molar refractivity (Wildman–Crippen MR) is 129 cm³/mol. The first-order valence-electron chi connectivity index (χ1n) is 10.2. The third-order valence-corrected chi connectivity index (χ3v) is 5.32. The van der Waals surface area contributed by atoms with Gasteiger partial charge in [-0.2, -0.15) is 25.3 Å². The van der Waals surface area contributed by atoms with Gasteiger partial charge in [-0.1, -0.05) is 44.2 Å². The molecular formula is C21H32N4O5S2. The van der Waals surface area contributed by atoms with Gasteiger partial charge in [-0.15, -0.1) is 0 Å². The van der Waals surface area contributed by atoms with Gasteiger partial charge in [0, 0.05) is 11.5 Å². The van der Waals surface area contributed by atoms with E-state index in [1.165, 1.54) is 0 Å². The maximum absolute atomic E-state index is 12.6. The van der Waals surface area contributed by atoms with E-state index in [4.69, 9.17) is 5.73 Å². The number of nitrogens with two attached hydrogens (primary N) is 1. The zero-order valence-corrected chi connectivity index (χ0v) is 19.9. The summed E-state index contributed by atoms with van der Waals surface area (Å²) in [5.74, 6) is -3.06. The zero-order valence-electron chi connectivity index (χ0n) is 18.2. The fourth-order valence-electron chi connectivity index (χ4n) is 2.87. The van der Waals surface area contributed by atoms with E-state index >= 15 is 0 Å². The van der Waals surface area contributed by atoms with Crippen LogP contribution in [0.1, 0.15) is 25.8 Å². The Labute approximate surface area is 199 Å². The summed E-state index contributed by atoms with van der Waals surface area (Å²) in [4.78, 5) is 48.9. The van der Waals surface area contributed by atoms with Crippen LogP contribution >= 0.6 is 25.3 Å². The second kappa shape index (κ2) is 14.0. The molecule has 0 aliphatic rings. The average molecular weight is 485 g/mol. The Morgan fingerprint density at radius 1 is 0.875 bits per heavy atom. The van der Waals surface area contributed by atoms with Gasteiger partial charge in [-0.3, -0.25) is 14.4 Å². The van der Waals surface area contributed by atoms with Crippen molar-refractivity contribution in [2.75, 3.05) is 11.5 Å². The molecule has 0 radical (unpaired) electrons. The molecule has 0 bridgehead atoms. The van der Waals surface area contributed by atoms with Gasteiger partial charge in [0.2, 0.25) is 17.7 Å². The van der Waals surface area contributed by atoms with E-state index in [0.717, 1.165) is 5.56 Å². The van der Waals surface area contributed by atoms with E-state index in [1.54, 1.807) is 0 Å². The Morgan fingerprint density at radius 2 is 1.34 bits per heavy atom. The Hall–Kier alpha value is -2.24. The van der Waals surface area contributed by atoms with Crippen LogP contribution in [0.2, 0.25) is 0 Å². The van der Waals surface area contributed by atoms with Crippen LogP contribution in [0.25, 0.3) is 0 Å². The monoisotopic (exact) mass is 484 g/mol. The SMILES string of the molecule is CC(C)CC(NC(=O)C(CS)NC(=O)C(CS)NC(=O)C(N)Cc1ccccc1)C(=O)O. The molecule has 1 aromatic carbocycles. The number of hydrogen-bond acceptors (Lipinski definition) is 7. The molecule has 6 N–H and O–H groups in total. The summed E-state index contributed by atoms with van der Waals surface area (Å²) in [6, 6.07) is 5.13. The predicted octanol–water partition coefficient (Wildman–Crippen LogP) is 0.00110. The standard InChI is InChI=1S/C21H32N4O5S2/c1-12(2)8-15(21(29)30)23-19(27)17(11-32)25-20(28)16(10-31)24-18(26)14(22)9-13-6-4-3-5-7-13/h3-7,12,14-17,31-32H,8-11,22H2,1-2H3,(H,23,27)(H,24,26)(H,25,28)(H,29,30). The van der Waals surface area contributed by atoms with Crippen molar-refractivity contribution < 1.29 is 24.3 Å². The molecule has 0 spiro atoms. The van der Waals surface area contributed by atoms with Crippen LogP contribution in [0, 0.1) is 5.92 Å². The number of aliphatic carboxylic acids is 1. The molecule has 11 heteroatoms. The summed E-state index contributed by atoms with van der Waals surface area (Å²) < 4.78 is 0. The van der Waals surface area contributed by atoms with E-state index < -0.39 is 47.9 Å². The first kappa shape index (κ1) is 27.8. The van der Waals surface area contributed by atoms with Crippen molar-refractivity contribution in [2.24, 2.45) is 11.7 Å². The molecule has 1 rings (SSSR count). The topological polar surface area (TPSA) is 151 Å². The highest BCUT2D eigenvalue weighted by Gasteiger charge is 2.29. The molecule has 0 saturated carbocycles. The molecule has 4 unspecified atom stereocenters. The number of amides is 3. The number of rotatable bonds is 13. The number of carboxylic acid groups (broad SMARTS) is 1. The average Bonchev–Trinajstić information content (AvgIpc) is 2.74. The molecule has 32 heavy (non-hydrogen) atoms. The molecule has 9 nitrogen and oxygen atoms in total. The number of hydrogen-bond donors (Lipinski definition) is 7. The summed E-state index contributed by atoms with van der Waals surface area (Å²) >= 11 is 8.19. The lowest BCUT2D eigenvalue weighted by atomic mass is 10.0. The minimum atomic E-state index is -1.16. The Bertz CT molecular complexity index is 779. The van der Waals surface area contributed by atoms with E-state index in [0.29, 0.717) is 6.42 Å². The highest BCUT2D eigenvalue weighted by molar-refractivity contribution is 7.80. The quantitative estimate of drug-likeness (QED) is 0.196. The lowest BCUT2D eigenvalue weighted by Gasteiger charge is -2.24. The van der Waals surface area contributed by atoms with Gasteiger partial charge >= 0.3 is 5.97 Å². The number of carbonyl (C=O) groups is 4. The smallest absolute Gasteiger partial charge is 0.326 e. The maximum Gasteiger partial charge on any atom is 0.326 e. The van der Waals surface area contributed by atoms with E-state index in [-0.39, 0.29) is 23.8 Å². The molecule has 4 atom stereocenters. The molecule has 178 valence electrons. The van der Waals surface area contributed by atoms with Gasteiger partial charge in [0.25, 0.3) is 0 Å². The van der Waals surface area contributed by atoms with Gasteiger partial charge in [0.1, 0.15) is 18.1 Å². The minimum absolute atomic E-state index is 0.0261. The van der Waals surface area contributed by atoms with Crippen LogP contribution in [0.4, 0.5) is 0 Å². The van der Waals surface area contributed by atoms with Crippen molar-refractivity contribution >= 4 is 48.9 Å². The number of carboxylic acids is 1. The summed E-state index contributed by atoms with van der Waals surface area (Å²) in [5.41, 5.74) is 6.83. The van der Waals surface area contributed by atoms with Crippen LogP contribution in [0.3, 0.4) is 0 Å². The van der Waals surface area contributed by atoms with Gasteiger partial charge in [0.05, 0.1) is 6.04 Å². The summed E-state index contributed by atoms with van der Waals surface area (Å²) in [6.45, 7) is 3.67. The number of thiol groups is 2. The lowest BCUT2D eigenvalue weighted by Crippen LogP contribution is -2.58. The zero-order chi connectivity index (χ0) is 24.3. The molecule has 0 aliphatic carbocycles. The molecule has 1 aromatic rings. The highest BCUT2D eigenvalue weighted by atomic mass is 32.1. The van der Waals surface area contributed by atoms with Crippen LogP contribution in [0.15, 0.2) is 30.3 Å². The second-order valence-electron chi connectivity index (χ2n) is 7.81. The van der Waals surface area contributed by atoms with Crippen LogP contribution in [-0.4, -0.2) is 64.5 Å². The van der Waals surface area contributed by atoms with Gasteiger partial charge in [-0.25, -0.2) is 4.79 Å². The molecule has 0 saturated heterocycles. The van der Waals surface area contributed by atoms with Crippen molar-refractivity contribution in [3.8, 4) is 0 Å². The molecule has 0 aliphatic heterocycles. The van der Waals surface area contributed by atoms with Crippen LogP contribution < -0.4 is 21.7 Å². The third-order valence-electron chi connectivity index (χ3n) is 4.59. The van der Waals surface area contributed by atoms with Crippen molar-refractivity contribution in [2.45, 2.75) is 50.9 Å². The first-order valence-corrected chi connectivity index (χ1v) is 11.5. The van der Waals surface area contributed by atoms with Crippen molar-refractivity contribution in [1.29, 1.82) is 0 Å². The van der Waals surface area contributed by atoms with Crippen molar-refractivity contribution in [1.82, 2.24) is 16.0 Å². The number of carbonyl (C=O) groups excluding carboxylic acids is 3. The molecule has 0 heterocycles. The molecule has 0 fully saturated rings. The lowest BCUT2D eigenvalue weighted by molar-refractivity contribution is -0.142. The number of benzene rings is 1. The summed E-state index contributed by atoms with van der Waals surface area (Å²) in [5, 5.41) is 16.7. The Balaban J connectivity index is 2.70. The van der Waals surface area contributed by atoms with Crippen LogP contribution in [0.5, 0.6) is 0 Å².